The van der Waals surface area contributed by atoms with Crippen molar-refractivity contribution >= 4 is 11.8 Å². The molecule has 0 spiro atoms. The highest BCUT2D eigenvalue weighted by atomic mass is 16.5. The van der Waals surface area contributed by atoms with Gasteiger partial charge in [0.15, 0.2) is 0 Å². The van der Waals surface area contributed by atoms with E-state index >= 15 is 0 Å². The summed E-state index contributed by atoms with van der Waals surface area (Å²) < 4.78 is 5.13. The van der Waals surface area contributed by atoms with Crippen molar-refractivity contribution in [3.05, 3.63) is 35.9 Å². The van der Waals surface area contributed by atoms with Gasteiger partial charge in [-0.15, -0.1) is 0 Å². The number of nitrogens with zero attached hydrogens (tertiary/aromatic N) is 3. The predicted octanol–water partition coefficient (Wildman–Crippen LogP) is 1.58. The van der Waals surface area contributed by atoms with Crippen LogP contribution in [0.25, 0.3) is 0 Å². The van der Waals surface area contributed by atoms with Crippen molar-refractivity contribution in [2.45, 2.75) is 45.3 Å². The third kappa shape index (κ3) is 6.51. The maximum atomic E-state index is 13.5. The molecule has 2 heterocycles. The summed E-state index contributed by atoms with van der Waals surface area (Å²) in [5.41, 5.74) is 1.26. The number of hydrogen-bond donors (Lipinski definition) is 1. The van der Waals surface area contributed by atoms with Crippen molar-refractivity contribution in [1.82, 2.24) is 20.0 Å². The minimum absolute atomic E-state index is 0.0148. The van der Waals surface area contributed by atoms with E-state index in [1.54, 1.807) is 4.90 Å². The molecule has 2 aliphatic heterocycles. The average molecular weight is 431 g/mol. The lowest BCUT2D eigenvalue weighted by Crippen LogP contribution is -2.49. The molecule has 0 bridgehead atoms. The van der Waals surface area contributed by atoms with E-state index in [2.05, 4.69) is 48.3 Å². The molecule has 7 nitrogen and oxygen atoms in total. The zero-order valence-corrected chi connectivity index (χ0v) is 19.3. The summed E-state index contributed by atoms with van der Waals surface area (Å²) in [4.78, 5) is 32.5. The van der Waals surface area contributed by atoms with E-state index in [0.717, 1.165) is 39.1 Å². The van der Waals surface area contributed by atoms with Gasteiger partial charge in [0.2, 0.25) is 11.8 Å². The van der Waals surface area contributed by atoms with E-state index < -0.39 is 6.04 Å². The molecule has 2 unspecified atom stereocenters. The summed E-state index contributed by atoms with van der Waals surface area (Å²) in [6.45, 7) is 9.96. The number of likely N-dealkylation sites (tertiary alicyclic amines) is 1. The smallest absolute Gasteiger partial charge is 0.249 e. The van der Waals surface area contributed by atoms with Crippen LogP contribution in [0.2, 0.25) is 0 Å². The predicted molar refractivity (Wildman–Crippen MR) is 122 cm³/mol. The van der Waals surface area contributed by atoms with E-state index in [4.69, 9.17) is 4.74 Å². The first-order valence-electron chi connectivity index (χ1n) is 11.6. The average Bonchev–Trinajstić information content (AvgIpc) is 3.02. The van der Waals surface area contributed by atoms with Crippen LogP contribution in [0.15, 0.2) is 30.3 Å². The highest BCUT2D eigenvalue weighted by Crippen LogP contribution is 2.26. The lowest BCUT2D eigenvalue weighted by molar-refractivity contribution is -0.145. The lowest BCUT2D eigenvalue weighted by Gasteiger charge is -2.30. The number of carbonyl (C=O) groups is 2. The number of nitrogens with one attached hydrogen (secondary N) is 1. The number of carbonyl (C=O) groups excluding carboxylic acids is 2. The van der Waals surface area contributed by atoms with Crippen LogP contribution in [0.3, 0.4) is 0 Å². The molecule has 3 rings (SSSR count). The van der Waals surface area contributed by atoms with Crippen LogP contribution in [0.1, 0.15) is 32.3 Å². The van der Waals surface area contributed by atoms with Crippen LogP contribution in [0.4, 0.5) is 0 Å². The number of ether oxygens (including phenoxy) is 1. The van der Waals surface area contributed by atoms with Gasteiger partial charge < -0.3 is 19.9 Å². The highest BCUT2D eigenvalue weighted by molar-refractivity contribution is 5.89. The molecule has 0 aromatic heterocycles. The molecule has 0 radical (unpaired) electrons. The quantitative estimate of drug-likeness (QED) is 0.679. The van der Waals surface area contributed by atoms with Crippen LogP contribution < -0.4 is 5.32 Å². The molecule has 0 aliphatic carbocycles. The van der Waals surface area contributed by atoms with E-state index in [0.29, 0.717) is 25.4 Å². The molecule has 1 N–H and O–H groups in total. The summed E-state index contributed by atoms with van der Waals surface area (Å²) >= 11 is 0. The SMILES string of the molecule is COCC(=O)N1CC(N(Cc2ccccc2)CC(C)C)CC1C(=O)N1CCCNCC1. The Labute approximate surface area is 186 Å². The molecule has 2 aliphatic rings. The number of amides is 2. The van der Waals surface area contributed by atoms with Crippen LogP contribution in [-0.2, 0) is 20.9 Å². The largest absolute Gasteiger partial charge is 0.375 e. The van der Waals surface area contributed by atoms with E-state index in [1.165, 1.54) is 12.7 Å². The van der Waals surface area contributed by atoms with Crippen LogP contribution in [0, 0.1) is 5.92 Å². The molecule has 2 saturated heterocycles. The second-order valence-corrected chi connectivity index (χ2v) is 9.12. The third-order valence-corrected chi connectivity index (χ3v) is 6.15. The van der Waals surface area contributed by atoms with E-state index in [-0.39, 0.29) is 24.5 Å². The molecule has 0 saturated carbocycles. The Morgan fingerprint density at radius 1 is 1.19 bits per heavy atom. The third-order valence-electron chi connectivity index (χ3n) is 6.15. The fraction of sp³-hybridized carbons (Fsp3) is 0.667. The fourth-order valence-electron chi connectivity index (χ4n) is 4.70. The normalized spacial score (nSPS) is 22.2. The van der Waals surface area contributed by atoms with Crippen molar-refractivity contribution < 1.29 is 14.3 Å². The van der Waals surface area contributed by atoms with Gasteiger partial charge in [-0.25, -0.2) is 0 Å². The second kappa shape index (κ2) is 11.6. The standard InChI is InChI=1S/C24H38N4O3/c1-19(2)15-27(16-20-8-5-4-6-9-20)21-14-22(28(17-21)23(29)18-31-3)24(30)26-12-7-10-25-11-13-26/h4-6,8-9,19,21-22,25H,7,10-18H2,1-3H3. The topological polar surface area (TPSA) is 65.1 Å². The molecule has 2 amide bonds. The van der Waals surface area contributed by atoms with Gasteiger partial charge in [0.25, 0.3) is 0 Å². The molecule has 7 heteroatoms. The first-order chi connectivity index (χ1) is 15.0. The van der Waals surface area contributed by atoms with Gasteiger partial charge >= 0.3 is 0 Å². The number of benzene rings is 1. The van der Waals surface area contributed by atoms with Crippen LogP contribution in [-0.4, -0.2) is 91.6 Å². The maximum Gasteiger partial charge on any atom is 0.249 e. The van der Waals surface area contributed by atoms with Gasteiger partial charge in [0.05, 0.1) is 0 Å². The van der Waals surface area contributed by atoms with Gasteiger partial charge in [-0.05, 0) is 30.9 Å². The molecule has 1 aromatic rings. The van der Waals surface area contributed by atoms with E-state index in [9.17, 15) is 9.59 Å². The van der Waals surface area contributed by atoms with Crippen molar-refractivity contribution in [3.8, 4) is 0 Å². The Morgan fingerprint density at radius 3 is 2.68 bits per heavy atom. The van der Waals surface area contributed by atoms with Gasteiger partial charge in [0, 0.05) is 52.4 Å². The number of hydrogen-bond acceptors (Lipinski definition) is 5. The van der Waals surface area contributed by atoms with Gasteiger partial charge in [-0.3, -0.25) is 14.5 Å². The maximum absolute atomic E-state index is 13.5. The summed E-state index contributed by atoms with van der Waals surface area (Å²) in [7, 11) is 1.53. The minimum Gasteiger partial charge on any atom is -0.375 e. The van der Waals surface area contributed by atoms with Crippen molar-refractivity contribution in [3.63, 3.8) is 0 Å². The molecular weight excluding hydrogens is 392 g/mol. The zero-order valence-electron chi connectivity index (χ0n) is 19.3. The Morgan fingerprint density at radius 2 is 1.97 bits per heavy atom. The first-order valence-corrected chi connectivity index (χ1v) is 11.6. The summed E-state index contributed by atoms with van der Waals surface area (Å²) in [5, 5.41) is 3.35. The molecular formula is C24H38N4O3. The highest BCUT2D eigenvalue weighted by Gasteiger charge is 2.43. The number of rotatable bonds is 8. The Hall–Kier alpha value is -1.96. The van der Waals surface area contributed by atoms with Crippen molar-refractivity contribution in [2.75, 3.05) is 53.0 Å². The molecule has 31 heavy (non-hydrogen) atoms. The van der Waals surface area contributed by atoms with Gasteiger partial charge in [0.1, 0.15) is 12.6 Å². The molecule has 172 valence electrons. The van der Waals surface area contributed by atoms with Crippen LogP contribution in [0.5, 0.6) is 0 Å². The van der Waals surface area contributed by atoms with E-state index in [1.807, 2.05) is 11.0 Å². The second-order valence-electron chi connectivity index (χ2n) is 9.12. The summed E-state index contributed by atoms with van der Waals surface area (Å²) in [5.74, 6) is 0.485. The van der Waals surface area contributed by atoms with Gasteiger partial charge in [-0.2, -0.15) is 0 Å². The van der Waals surface area contributed by atoms with Crippen molar-refractivity contribution in [1.29, 1.82) is 0 Å². The number of methoxy groups -OCH3 is 1. The van der Waals surface area contributed by atoms with Crippen LogP contribution >= 0.6 is 0 Å². The summed E-state index contributed by atoms with van der Waals surface area (Å²) in [6, 6.07) is 10.2. The molecule has 1 aromatic carbocycles. The van der Waals surface area contributed by atoms with Gasteiger partial charge in [-0.1, -0.05) is 44.2 Å². The first kappa shape index (κ1) is 23.7. The lowest BCUT2D eigenvalue weighted by atomic mass is 10.1. The monoisotopic (exact) mass is 430 g/mol. The van der Waals surface area contributed by atoms with Crippen molar-refractivity contribution in [2.24, 2.45) is 5.92 Å². The zero-order chi connectivity index (χ0) is 22.2. The Balaban J connectivity index is 1.79. The fourth-order valence-corrected chi connectivity index (χ4v) is 4.70. The molecule has 2 atom stereocenters. The summed E-state index contributed by atoms with van der Waals surface area (Å²) in [6.07, 6.45) is 1.62. The Kier molecular flexibility index (Phi) is 8.87. The molecule has 2 fully saturated rings. The Bertz CT molecular complexity index is 704. The minimum atomic E-state index is -0.406.